The van der Waals surface area contributed by atoms with Gasteiger partial charge in [-0.05, 0) is 31.9 Å². The second kappa shape index (κ2) is 4.96. The van der Waals surface area contributed by atoms with E-state index in [1.807, 2.05) is 6.92 Å². The summed E-state index contributed by atoms with van der Waals surface area (Å²) in [6.45, 7) is 4.07. The van der Waals surface area contributed by atoms with Gasteiger partial charge in [-0.2, -0.15) is 0 Å². The molecule has 0 heterocycles. The molecule has 0 aromatic heterocycles. The summed E-state index contributed by atoms with van der Waals surface area (Å²) in [6.07, 6.45) is 0.730. The molecule has 78 valence electrons. The van der Waals surface area contributed by atoms with E-state index < -0.39 is 0 Å². The van der Waals surface area contributed by atoms with Gasteiger partial charge in [0.25, 0.3) is 0 Å². The zero-order valence-electron chi connectivity index (χ0n) is 8.59. The lowest BCUT2D eigenvalue weighted by Gasteiger charge is -2.09. The average Bonchev–Trinajstić information content (AvgIpc) is 2.12. The molecule has 0 radical (unpaired) electrons. The van der Waals surface area contributed by atoms with Gasteiger partial charge in [-0.25, -0.2) is 4.39 Å². The van der Waals surface area contributed by atoms with Crippen molar-refractivity contribution >= 4 is 0 Å². The second-order valence-electron chi connectivity index (χ2n) is 3.50. The minimum absolute atomic E-state index is 0.0860. The van der Waals surface area contributed by atoms with Crippen molar-refractivity contribution in [1.82, 2.24) is 0 Å². The predicted octanol–water partition coefficient (Wildman–Crippen LogP) is 2.25. The van der Waals surface area contributed by atoms with Crippen LogP contribution >= 0.6 is 0 Å². The molecule has 0 amide bonds. The minimum Gasteiger partial charge on any atom is -0.490 e. The fourth-order valence-corrected chi connectivity index (χ4v) is 1.09. The van der Waals surface area contributed by atoms with Crippen LogP contribution in [-0.2, 0) is 0 Å². The Bertz CT molecular complexity index is 299. The highest BCUT2D eigenvalue weighted by Crippen LogP contribution is 2.19. The molecular formula is C11H16FNO. The van der Waals surface area contributed by atoms with E-state index in [4.69, 9.17) is 10.5 Å². The summed E-state index contributed by atoms with van der Waals surface area (Å²) < 4.78 is 18.6. The van der Waals surface area contributed by atoms with Gasteiger partial charge >= 0.3 is 0 Å². The molecule has 14 heavy (non-hydrogen) atoms. The Kier molecular flexibility index (Phi) is 3.89. The van der Waals surface area contributed by atoms with Gasteiger partial charge in [0, 0.05) is 6.04 Å². The zero-order valence-corrected chi connectivity index (χ0v) is 8.59. The monoisotopic (exact) mass is 197 g/mol. The molecule has 0 spiro atoms. The van der Waals surface area contributed by atoms with E-state index in [0.717, 1.165) is 6.42 Å². The van der Waals surface area contributed by atoms with Crippen molar-refractivity contribution in [2.24, 2.45) is 5.73 Å². The molecule has 2 nitrogen and oxygen atoms in total. The number of benzene rings is 1. The molecule has 0 aliphatic carbocycles. The molecule has 0 saturated heterocycles. The van der Waals surface area contributed by atoms with Crippen LogP contribution in [0, 0.1) is 12.7 Å². The van der Waals surface area contributed by atoms with Crippen LogP contribution < -0.4 is 10.5 Å². The van der Waals surface area contributed by atoms with Crippen LogP contribution in [0.25, 0.3) is 0 Å². The number of nitrogens with two attached hydrogens (primary N) is 1. The van der Waals surface area contributed by atoms with E-state index in [-0.39, 0.29) is 11.9 Å². The Balaban J connectivity index is 2.54. The smallest absolute Gasteiger partial charge is 0.167 e. The minimum atomic E-state index is -0.280. The second-order valence-corrected chi connectivity index (χ2v) is 3.50. The lowest BCUT2D eigenvalue weighted by atomic mass is 10.2. The molecule has 0 aliphatic heterocycles. The molecule has 1 rings (SSSR count). The number of hydrogen-bond acceptors (Lipinski definition) is 2. The molecule has 0 bridgehead atoms. The van der Waals surface area contributed by atoms with Crippen LogP contribution in [0.3, 0.4) is 0 Å². The van der Waals surface area contributed by atoms with Crippen LogP contribution in [0.4, 0.5) is 4.39 Å². The first-order valence-corrected chi connectivity index (χ1v) is 4.74. The molecule has 0 saturated carbocycles. The maximum absolute atomic E-state index is 13.4. The third kappa shape index (κ3) is 3.00. The van der Waals surface area contributed by atoms with E-state index >= 15 is 0 Å². The van der Waals surface area contributed by atoms with E-state index in [2.05, 4.69) is 0 Å². The van der Waals surface area contributed by atoms with Crippen LogP contribution in [0.2, 0.25) is 0 Å². The quantitative estimate of drug-likeness (QED) is 0.803. The lowest BCUT2D eigenvalue weighted by Crippen LogP contribution is -2.18. The number of ether oxygens (including phenoxy) is 1. The van der Waals surface area contributed by atoms with Gasteiger partial charge in [0.05, 0.1) is 6.61 Å². The molecule has 0 fully saturated rings. The number of rotatable bonds is 4. The summed E-state index contributed by atoms with van der Waals surface area (Å²) in [5.41, 5.74) is 6.15. The van der Waals surface area contributed by atoms with Gasteiger partial charge in [0.15, 0.2) is 11.6 Å². The Morgan fingerprint density at radius 2 is 2.21 bits per heavy atom. The predicted molar refractivity (Wildman–Crippen MR) is 54.9 cm³/mol. The molecule has 1 aromatic carbocycles. The molecule has 3 heteroatoms. The van der Waals surface area contributed by atoms with Crippen LogP contribution in [0.15, 0.2) is 18.2 Å². The fraction of sp³-hybridized carbons (Fsp3) is 0.455. The van der Waals surface area contributed by atoms with Crippen molar-refractivity contribution in [3.63, 3.8) is 0 Å². The van der Waals surface area contributed by atoms with Crippen molar-refractivity contribution in [3.8, 4) is 5.75 Å². The highest BCUT2D eigenvalue weighted by molar-refractivity contribution is 5.29. The first kappa shape index (κ1) is 11.0. The maximum Gasteiger partial charge on any atom is 0.167 e. The van der Waals surface area contributed by atoms with Gasteiger partial charge in [0.1, 0.15) is 0 Å². The van der Waals surface area contributed by atoms with E-state index in [1.165, 1.54) is 0 Å². The number of aryl methyl sites for hydroxylation is 1. The number of halogens is 1. The average molecular weight is 197 g/mol. The normalized spacial score (nSPS) is 12.6. The summed E-state index contributed by atoms with van der Waals surface area (Å²) >= 11 is 0. The van der Waals surface area contributed by atoms with Crippen LogP contribution in [0.1, 0.15) is 18.9 Å². The fourth-order valence-electron chi connectivity index (χ4n) is 1.09. The third-order valence-electron chi connectivity index (χ3n) is 1.99. The van der Waals surface area contributed by atoms with E-state index in [0.29, 0.717) is 17.9 Å². The number of hydrogen-bond donors (Lipinski definition) is 1. The summed E-state index contributed by atoms with van der Waals surface area (Å²) in [4.78, 5) is 0. The zero-order chi connectivity index (χ0) is 10.6. The first-order valence-electron chi connectivity index (χ1n) is 4.74. The van der Waals surface area contributed by atoms with Crippen LogP contribution in [0.5, 0.6) is 5.75 Å². The first-order chi connectivity index (χ1) is 6.61. The molecule has 0 aliphatic rings. The Morgan fingerprint density at radius 1 is 1.50 bits per heavy atom. The van der Waals surface area contributed by atoms with Gasteiger partial charge in [0.2, 0.25) is 0 Å². The van der Waals surface area contributed by atoms with Crippen molar-refractivity contribution in [1.29, 1.82) is 0 Å². The van der Waals surface area contributed by atoms with Crippen LogP contribution in [-0.4, -0.2) is 12.6 Å². The third-order valence-corrected chi connectivity index (χ3v) is 1.99. The van der Waals surface area contributed by atoms with Gasteiger partial charge < -0.3 is 10.5 Å². The molecule has 1 unspecified atom stereocenters. The van der Waals surface area contributed by atoms with Crippen molar-refractivity contribution in [2.45, 2.75) is 26.3 Å². The summed E-state index contributed by atoms with van der Waals surface area (Å²) in [5.74, 6) is 0.0304. The van der Waals surface area contributed by atoms with E-state index in [9.17, 15) is 4.39 Å². The Hall–Kier alpha value is -1.09. The Morgan fingerprint density at radius 3 is 2.86 bits per heavy atom. The molecule has 1 atom stereocenters. The topological polar surface area (TPSA) is 35.2 Å². The highest BCUT2D eigenvalue weighted by Gasteiger charge is 2.05. The molecule has 2 N–H and O–H groups in total. The van der Waals surface area contributed by atoms with Crippen molar-refractivity contribution < 1.29 is 9.13 Å². The Labute approximate surface area is 83.9 Å². The molecular weight excluding hydrogens is 181 g/mol. The van der Waals surface area contributed by atoms with Crippen molar-refractivity contribution in [3.05, 3.63) is 29.6 Å². The lowest BCUT2D eigenvalue weighted by molar-refractivity contribution is 0.286. The van der Waals surface area contributed by atoms with Gasteiger partial charge in [-0.15, -0.1) is 0 Å². The van der Waals surface area contributed by atoms with E-state index in [1.54, 1.807) is 25.1 Å². The summed E-state index contributed by atoms with van der Waals surface area (Å²) in [7, 11) is 0. The van der Waals surface area contributed by atoms with Gasteiger partial charge in [-0.1, -0.05) is 12.1 Å². The standard InChI is InChI=1S/C11H16FNO/c1-8-4-3-5-10(11(8)12)14-7-6-9(2)13/h3-5,9H,6-7,13H2,1-2H3. The molecule has 1 aromatic rings. The highest BCUT2D eigenvalue weighted by atomic mass is 19.1. The SMILES string of the molecule is Cc1cccc(OCCC(C)N)c1F. The summed E-state index contributed by atoms with van der Waals surface area (Å²) in [5, 5.41) is 0. The summed E-state index contributed by atoms with van der Waals surface area (Å²) in [6, 6.07) is 5.21. The van der Waals surface area contributed by atoms with Gasteiger partial charge in [-0.3, -0.25) is 0 Å². The maximum atomic E-state index is 13.4. The largest absolute Gasteiger partial charge is 0.490 e. The van der Waals surface area contributed by atoms with Crippen molar-refractivity contribution in [2.75, 3.05) is 6.61 Å².